The predicted octanol–water partition coefficient (Wildman–Crippen LogP) is 2.23. The van der Waals surface area contributed by atoms with Crippen LogP contribution >= 0.6 is 0 Å². The number of nitrogens with two attached hydrogens (primary N) is 1. The van der Waals surface area contributed by atoms with Crippen LogP contribution < -0.4 is 26.4 Å². The number of benzene rings is 3. The van der Waals surface area contributed by atoms with Gasteiger partial charge in [0.1, 0.15) is 17.5 Å². The van der Waals surface area contributed by atoms with Crippen molar-refractivity contribution in [3.8, 4) is 22.8 Å². The number of phenolic OH excluding ortho intramolecular Hbond substituents is 1. The fourth-order valence-corrected chi connectivity index (χ4v) is 6.04. The van der Waals surface area contributed by atoms with Crippen molar-refractivity contribution in [2.24, 2.45) is 0 Å². The molecule has 3 heterocycles. The molecular formula is C37H38N8O7. The number of hydrogen-bond acceptors (Lipinski definition) is 12. The number of imide groups is 2. The van der Waals surface area contributed by atoms with Crippen LogP contribution in [0.5, 0.6) is 11.5 Å². The number of ether oxygens (including phenoxy) is 1. The molecule has 0 spiro atoms. The van der Waals surface area contributed by atoms with Crippen molar-refractivity contribution in [2.45, 2.75) is 25.3 Å². The van der Waals surface area contributed by atoms with E-state index >= 15 is 0 Å². The van der Waals surface area contributed by atoms with Gasteiger partial charge < -0.3 is 31.1 Å². The zero-order chi connectivity index (χ0) is 36.8. The number of carbonyl (C=O) groups is 5. The highest BCUT2D eigenvalue weighted by Gasteiger charge is 2.45. The largest absolute Gasteiger partial charge is 0.507 e. The lowest BCUT2D eigenvalue weighted by Gasteiger charge is -2.27. The molecule has 268 valence electrons. The van der Waals surface area contributed by atoms with E-state index in [0.29, 0.717) is 67.5 Å². The number of nitrogens with zero attached hydrogens (tertiary/aromatic N) is 4. The number of hydrogen-bond donors (Lipinski definition) is 5. The molecule has 2 aliphatic rings. The Labute approximate surface area is 299 Å². The van der Waals surface area contributed by atoms with E-state index in [1.807, 2.05) is 24.1 Å². The Kier molecular flexibility index (Phi) is 10.7. The van der Waals surface area contributed by atoms with E-state index < -0.39 is 29.7 Å². The van der Waals surface area contributed by atoms with Crippen LogP contribution in [0.2, 0.25) is 0 Å². The molecular weight excluding hydrogens is 668 g/mol. The molecule has 2 aliphatic heterocycles. The Hall–Kier alpha value is -6.35. The van der Waals surface area contributed by atoms with Gasteiger partial charge in [-0.1, -0.05) is 30.3 Å². The summed E-state index contributed by atoms with van der Waals surface area (Å²) in [5, 5.41) is 26.5. The summed E-state index contributed by atoms with van der Waals surface area (Å²) in [5.74, 6) is -1.83. The standard InChI is InChI=1S/C37H38N8O7/c1-44(18-16-39-26-7-4-6-25-32(26)37(51)45(36(25)50)28-13-14-31(47)41-35(28)49)19-17-40-34(48)23-11-9-22(10-12-23)15-20-52-30-21-27(42-43-33(30)38)24-5-2-3-8-29(24)46/h2-12,21,28,39,46H,13-20H2,1H3,(H2,38,43)(H,40,48)(H,41,47,49). The van der Waals surface area contributed by atoms with E-state index in [0.717, 1.165) is 10.5 Å². The Morgan fingerprint density at radius 1 is 0.981 bits per heavy atom. The lowest BCUT2D eigenvalue weighted by molar-refractivity contribution is -0.136. The van der Waals surface area contributed by atoms with Crippen LogP contribution in [0.4, 0.5) is 11.5 Å². The first kappa shape index (κ1) is 35.5. The molecule has 0 saturated carbocycles. The number of aromatic hydroxyl groups is 1. The molecule has 1 fully saturated rings. The minimum atomic E-state index is -1.03. The molecule has 15 heteroatoms. The van der Waals surface area contributed by atoms with Gasteiger partial charge >= 0.3 is 0 Å². The van der Waals surface area contributed by atoms with Gasteiger partial charge in [0.25, 0.3) is 17.7 Å². The number of anilines is 2. The zero-order valence-electron chi connectivity index (χ0n) is 28.4. The van der Waals surface area contributed by atoms with E-state index in [4.69, 9.17) is 10.5 Å². The smallest absolute Gasteiger partial charge is 0.264 e. The maximum absolute atomic E-state index is 13.3. The first-order valence-corrected chi connectivity index (χ1v) is 16.8. The quantitative estimate of drug-likeness (QED) is 0.120. The second-order valence-electron chi connectivity index (χ2n) is 12.5. The number of aromatic nitrogens is 2. The molecule has 3 aromatic carbocycles. The number of rotatable bonds is 14. The number of fused-ring (bicyclic) bond motifs is 1. The number of carbonyl (C=O) groups excluding carboxylic acids is 5. The van der Waals surface area contributed by atoms with Gasteiger partial charge in [0, 0.05) is 61.9 Å². The van der Waals surface area contributed by atoms with Crippen molar-refractivity contribution in [3.63, 3.8) is 0 Å². The number of nitrogens with one attached hydrogen (secondary N) is 3. The number of phenols is 1. The average molecular weight is 707 g/mol. The number of piperidine rings is 1. The highest BCUT2D eigenvalue weighted by molar-refractivity contribution is 6.25. The second-order valence-corrected chi connectivity index (χ2v) is 12.5. The van der Waals surface area contributed by atoms with Gasteiger partial charge in [-0.15, -0.1) is 10.2 Å². The average Bonchev–Trinajstić information content (AvgIpc) is 3.39. The van der Waals surface area contributed by atoms with E-state index in [1.165, 1.54) is 0 Å². The molecule has 1 atom stereocenters. The van der Waals surface area contributed by atoms with Gasteiger partial charge in [0.05, 0.1) is 17.7 Å². The van der Waals surface area contributed by atoms with Crippen LogP contribution in [0.1, 0.15) is 49.5 Å². The van der Waals surface area contributed by atoms with Crippen LogP contribution in [-0.2, 0) is 16.0 Å². The Morgan fingerprint density at radius 3 is 2.50 bits per heavy atom. The van der Waals surface area contributed by atoms with Gasteiger partial charge in [-0.05, 0) is 55.4 Å². The minimum absolute atomic E-state index is 0.0541. The van der Waals surface area contributed by atoms with Crippen molar-refractivity contribution >= 4 is 41.0 Å². The third-order valence-electron chi connectivity index (χ3n) is 8.89. The first-order chi connectivity index (χ1) is 25.1. The molecule has 1 saturated heterocycles. The van der Waals surface area contributed by atoms with Crippen LogP contribution in [0.15, 0.2) is 72.8 Å². The molecule has 0 aliphatic carbocycles. The summed E-state index contributed by atoms with van der Waals surface area (Å²) in [7, 11) is 1.90. The van der Waals surface area contributed by atoms with Gasteiger partial charge in [-0.3, -0.25) is 34.2 Å². The maximum atomic E-state index is 13.3. The molecule has 5 amide bonds. The number of para-hydroxylation sites is 1. The van der Waals surface area contributed by atoms with Crippen molar-refractivity contribution in [2.75, 3.05) is 50.9 Å². The van der Waals surface area contributed by atoms with Crippen LogP contribution in [0.25, 0.3) is 11.3 Å². The van der Waals surface area contributed by atoms with Gasteiger partial charge in [0.2, 0.25) is 11.8 Å². The summed E-state index contributed by atoms with van der Waals surface area (Å²) < 4.78 is 5.86. The number of likely N-dealkylation sites (N-methyl/N-ethyl adjacent to an activating group) is 1. The number of nitrogen functional groups attached to an aromatic ring is 1. The monoisotopic (exact) mass is 706 g/mol. The van der Waals surface area contributed by atoms with Gasteiger partial charge in [-0.25, -0.2) is 0 Å². The van der Waals surface area contributed by atoms with E-state index in [-0.39, 0.29) is 41.4 Å². The van der Waals surface area contributed by atoms with Crippen LogP contribution in [0.3, 0.4) is 0 Å². The summed E-state index contributed by atoms with van der Waals surface area (Å²) in [5.41, 5.74) is 9.30. The van der Waals surface area contributed by atoms with Crippen molar-refractivity contribution < 1.29 is 33.8 Å². The molecule has 1 unspecified atom stereocenters. The zero-order valence-corrected chi connectivity index (χ0v) is 28.4. The van der Waals surface area contributed by atoms with E-state index in [9.17, 15) is 29.1 Å². The fraction of sp³-hybridized carbons (Fsp3) is 0.270. The lowest BCUT2D eigenvalue weighted by atomic mass is 10.0. The molecule has 4 aromatic rings. The summed E-state index contributed by atoms with van der Waals surface area (Å²) >= 11 is 0. The first-order valence-electron chi connectivity index (χ1n) is 16.8. The highest BCUT2D eigenvalue weighted by atomic mass is 16.5. The topological polar surface area (TPSA) is 209 Å². The SMILES string of the molecule is CN(CCNC(=O)c1ccc(CCOc2cc(-c3ccccc3O)nnc2N)cc1)CCNc1cccc2c1C(=O)N(C1CCC(=O)NC1=O)C2=O. The maximum Gasteiger partial charge on any atom is 0.264 e. The molecule has 0 bridgehead atoms. The molecule has 1 aromatic heterocycles. The summed E-state index contributed by atoms with van der Waals surface area (Å²) in [4.78, 5) is 66.0. The second kappa shape index (κ2) is 15.7. The van der Waals surface area contributed by atoms with Crippen LogP contribution in [-0.4, -0.2) is 101 Å². The summed E-state index contributed by atoms with van der Waals surface area (Å²) in [6.45, 7) is 2.31. The molecule has 0 radical (unpaired) electrons. The normalized spacial score (nSPS) is 15.4. The van der Waals surface area contributed by atoms with Gasteiger partial charge in [-0.2, -0.15) is 0 Å². The van der Waals surface area contributed by atoms with Gasteiger partial charge in [0.15, 0.2) is 11.6 Å². The van der Waals surface area contributed by atoms with Crippen molar-refractivity contribution in [1.29, 1.82) is 0 Å². The predicted molar refractivity (Wildman–Crippen MR) is 191 cm³/mol. The Bertz CT molecular complexity index is 2020. The number of amides is 5. The van der Waals surface area contributed by atoms with Crippen molar-refractivity contribution in [1.82, 2.24) is 30.6 Å². The van der Waals surface area contributed by atoms with E-state index in [2.05, 4.69) is 26.1 Å². The van der Waals surface area contributed by atoms with Crippen LogP contribution in [0, 0.1) is 0 Å². The summed E-state index contributed by atoms with van der Waals surface area (Å²) in [6.07, 6.45) is 0.704. The molecule has 52 heavy (non-hydrogen) atoms. The Balaban J connectivity index is 0.923. The minimum Gasteiger partial charge on any atom is -0.507 e. The summed E-state index contributed by atoms with van der Waals surface area (Å²) in [6, 6.07) is 19.6. The fourth-order valence-electron chi connectivity index (χ4n) is 6.04. The highest BCUT2D eigenvalue weighted by Crippen LogP contribution is 2.33. The molecule has 15 nitrogen and oxygen atoms in total. The Morgan fingerprint density at radius 2 is 1.73 bits per heavy atom. The lowest BCUT2D eigenvalue weighted by Crippen LogP contribution is -2.54. The van der Waals surface area contributed by atoms with Crippen molar-refractivity contribution in [3.05, 3.63) is 95.1 Å². The molecule has 6 rings (SSSR count). The third-order valence-corrected chi connectivity index (χ3v) is 8.89. The molecule has 6 N–H and O–H groups in total. The third kappa shape index (κ3) is 7.84. The van der Waals surface area contributed by atoms with E-state index in [1.54, 1.807) is 60.7 Å².